The SMILES string of the molecule is CC1C=C(CN2CCOCC2)C=NC1C. The molecule has 3 heteroatoms. The van der Waals surface area contributed by atoms with Crippen LogP contribution in [0.4, 0.5) is 0 Å². The summed E-state index contributed by atoms with van der Waals surface area (Å²) in [6.07, 6.45) is 4.40. The van der Waals surface area contributed by atoms with Crippen molar-refractivity contribution in [1.29, 1.82) is 0 Å². The second kappa shape index (κ2) is 4.90. The molecule has 15 heavy (non-hydrogen) atoms. The number of aliphatic imine (C=N–C) groups is 1. The third-order valence-corrected chi connectivity index (χ3v) is 3.22. The third-order valence-electron chi connectivity index (χ3n) is 3.22. The molecule has 0 aromatic carbocycles. The number of morpholine rings is 1. The number of ether oxygens (including phenoxy) is 1. The number of hydrogen-bond acceptors (Lipinski definition) is 3. The Balaban J connectivity index is 1.89. The van der Waals surface area contributed by atoms with E-state index in [2.05, 4.69) is 29.8 Å². The van der Waals surface area contributed by atoms with E-state index in [4.69, 9.17) is 4.74 Å². The van der Waals surface area contributed by atoms with Gasteiger partial charge in [0.05, 0.1) is 19.3 Å². The molecule has 0 N–H and O–H groups in total. The summed E-state index contributed by atoms with van der Waals surface area (Å²) < 4.78 is 5.33. The van der Waals surface area contributed by atoms with Gasteiger partial charge in [0.1, 0.15) is 0 Å². The standard InChI is InChI=1S/C12H20N2O/c1-10-7-12(8-13-11(10)2)9-14-3-5-15-6-4-14/h7-8,10-11H,3-6,9H2,1-2H3. The molecule has 0 aromatic rings. The monoisotopic (exact) mass is 208 g/mol. The molecule has 2 rings (SSSR count). The summed E-state index contributed by atoms with van der Waals surface area (Å²) >= 11 is 0. The zero-order valence-corrected chi connectivity index (χ0v) is 9.65. The van der Waals surface area contributed by atoms with Gasteiger partial charge in [-0.2, -0.15) is 0 Å². The topological polar surface area (TPSA) is 24.8 Å². The molecule has 3 nitrogen and oxygen atoms in total. The van der Waals surface area contributed by atoms with Crippen molar-refractivity contribution >= 4 is 6.21 Å². The van der Waals surface area contributed by atoms with Crippen LogP contribution in [-0.2, 0) is 4.74 Å². The molecule has 0 amide bonds. The van der Waals surface area contributed by atoms with Crippen molar-refractivity contribution in [1.82, 2.24) is 4.90 Å². The van der Waals surface area contributed by atoms with Crippen LogP contribution in [0.1, 0.15) is 13.8 Å². The van der Waals surface area contributed by atoms with Crippen LogP contribution in [0.2, 0.25) is 0 Å². The first-order valence-electron chi connectivity index (χ1n) is 5.79. The summed E-state index contributed by atoms with van der Waals surface area (Å²) in [7, 11) is 0. The van der Waals surface area contributed by atoms with Gasteiger partial charge in [-0.05, 0) is 18.4 Å². The Labute approximate surface area is 91.8 Å². The minimum Gasteiger partial charge on any atom is -0.379 e. The highest BCUT2D eigenvalue weighted by Crippen LogP contribution is 2.16. The molecule has 84 valence electrons. The quantitative estimate of drug-likeness (QED) is 0.684. The van der Waals surface area contributed by atoms with Crippen LogP contribution in [0.25, 0.3) is 0 Å². The highest BCUT2D eigenvalue weighted by molar-refractivity contribution is 5.80. The second-order valence-electron chi connectivity index (χ2n) is 4.51. The maximum Gasteiger partial charge on any atom is 0.0594 e. The van der Waals surface area contributed by atoms with Crippen LogP contribution < -0.4 is 0 Å². The van der Waals surface area contributed by atoms with Gasteiger partial charge in [-0.15, -0.1) is 0 Å². The molecule has 1 fully saturated rings. The fraction of sp³-hybridized carbons (Fsp3) is 0.750. The average Bonchev–Trinajstić information content (AvgIpc) is 2.25. The lowest BCUT2D eigenvalue weighted by molar-refractivity contribution is 0.0428. The van der Waals surface area contributed by atoms with Crippen LogP contribution in [0, 0.1) is 5.92 Å². The van der Waals surface area contributed by atoms with Gasteiger partial charge in [0, 0.05) is 25.8 Å². The zero-order valence-electron chi connectivity index (χ0n) is 9.65. The molecule has 2 aliphatic rings. The molecular weight excluding hydrogens is 188 g/mol. The van der Waals surface area contributed by atoms with Crippen molar-refractivity contribution < 1.29 is 4.74 Å². The minimum atomic E-state index is 0.443. The highest BCUT2D eigenvalue weighted by Gasteiger charge is 2.16. The summed E-state index contributed by atoms with van der Waals surface area (Å²) in [6, 6.07) is 0.443. The fourth-order valence-electron chi connectivity index (χ4n) is 1.98. The van der Waals surface area contributed by atoms with E-state index in [9.17, 15) is 0 Å². The van der Waals surface area contributed by atoms with E-state index in [0.29, 0.717) is 12.0 Å². The first-order valence-corrected chi connectivity index (χ1v) is 5.79. The van der Waals surface area contributed by atoms with E-state index < -0.39 is 0 Å². The summed E-state index contributed by atoms with van der Waals surface area (Å²) in [5, 5.41) is 0. The Kier molecular flexibility index (Phi) is 3.54. The molecule has 0 radical (unpaired) electrons. The van der Waals surface area contributed by atoms with E-state index >= 15 is 0 Å². The van der Waals surface area contributed by atoms with Gasteiger partial charge in [0.25, 0.3) is 0 Å². The van der Waals surface area contributed by atoms with Gasteiger partial charge in [-0.25, -0.2) is 0 Å². The van der Waals surface area contributed by atoms with E-state index in [1.54, 1.807) is 0 Å². The predicted octanol–water partition coefficient (Wildman–Crippen LogP) is 1.35. The first-order chi connectivity index (χ1) is 7.25. The number of nitrogens with zero attached hydrogens (tertiary/aromatic N) is 2. The summed E-state index contributed by atoms with van der Waals surface area (Å²) in [5.74, 6) is 0.575. The number of rotatable bonds is 2. The lowest BCUT2D eigenvalue weighted by Crippen LogP contribution is -2.38. The predicted molar refractivity (Wildman–Crippen MR) is 62.5 cm³/mol. The highest BCUT2D eigenvalue weighted by atomic mass is 16.5. The molecule has 2 aliphatic heterocycles. The molecule has 2 heterocycles. The molecular formula is C12H20N2O. The van der Waals surface area contributed by atoms with Gasteiger partial charge in [-0.1, -0.05) is 13.0 Å². The molecule has 0 aromatic heterocycles. The maximum absolute atomic E-state index is 5.33. The van der Waals surface area contributed by atoms with Crippen molar-refractivity contribution in [2.45, 2.75) is 19.9 Å². The number of hydrogen-bond donors (Lipinski definition) is 0. The van der Waals surface area contributed by atoms with Gasteiger partial charge < -0.3 is 4.74 Å². The Morgan fingerprint density at radius 1 is 1.40 bits per heavy atom. The van der Waals surface area contributed by atoms with Crippen LogP contribution in [-0.4, -0.2) is 50.0 Å². The maximum atomic E-state index is 5.33. The van der Waals surface area contributed by atoms with E-state index in [-0.39, 0.29) is 0 Å². The molecule has 2 unspecified atom stereocenters. The van der Waals surface area contributed by atoms with Crippen LogP contribution >= 0.6 is 0 Å². The van der Waals surface area contributed by atoms with Crippen LogP contribution in [0.5, 0.6) is 0 Å². The van der Waals surface area contributed by atoms with Crippen molar-refractivity contribution in [2.75, 3.05) is 32.8 Å². The normalized spacial score (nSPS) is 32.8. The van der Waals surface area contributed by atoms with E-state index in [0.717, 1.165) is 32.8 Å². The zero-order chi connectivity index (χ0) is 10.7. The molecule has 0 saturated carbocycles. The molecule has 2 atom stereocenters. The van der Waals surface area contributed by atoms with Gasteiger partial charge in [-0.3, -0.25) is 9.89 Å². The Morgan fingerprint density at radius 2 is 2.13 bits per heavy atom. The minimum absolute atomic E-state index is 0.443. The Bertz CT molecular complexity index is 267. The second-order valence-corrected chi connectivity index (χ2v) is 4.51. The summed E-state index contributed by atoms with van der Waals surface area (Å²) in [4.78, 5) is 6.94. The summed E-state index contributed by atoms with van der Waals surface area (Å²) in [6.45, 7) is 9.28. The van der Waals surface area contributed by atoms with E-state index in [1.165, 1.54) is 5.57 Å². The lowest BCUT2D eigenvalue weighted by Gasteiger charge is -2.28. The lowest BCUT2D eigenvalue weighted by atomic mass is 9.98. The van der Waals surface area contributed by atoms with Gasteiger partial charge in [0.2, 0.25) is 0 Å². The van der Waals surface area contributed by atoms with Crippen molar-refractivity contribution in [3.8, 4) is 0 Å². The molecule has 0 bridgehead atoms. The van der Waals surface area contributed by atoms with Crippen molar-refractivity contribution in [3.05, 3.63) is 11.6 Å². The van der Waals surface area contributed by atoms with Gasteiger partial charge >= 0.3 is 0 Å². The number of dihydropyridines is 1. The third kappa shape index (κ3) is 2.89. The van der Waals surface area contributed by atoms with Crippen LogP contribution in [0.15, 0.2) is 16.6 Å². The van der Waals surface area contributed by atoms with Crippen molar-refractivity contribution in [2.24, 2.45) is 10.9 Å². The van der Waals surface area contributed by atoms with Gasteiger partial charge in [0.15, 0.2) is 0 Å². The average molecular weight is 208 g/mol. The first kappa shape index (κ1) is 10.8. The Hall–Kier alpha value is -0.670. The molecule has 0 aliphatic carbocycles. The molecule has 0 spiro atoms. The van der Waals surface area contributed by atoms with Crippen molar-refractivity contribution in [3.63, 3.8) is 0 Å². The van der Waals surface area contributed by atoms with Crippen LogP contribution in [0.3, 0.4) is 0 Å². The Morgan fingerprint density at radius 3 is 2.80 bits per heavy atom. The largest absolute Gasteiger partial charge is 0.379 e. The van der Waals surface area contributed by atoms with E-state index in [1.807, 2.05) is 6.21 Å². The molecule has 1 saturated heterocycles. The smallest absolute Gasteiger partial charge is 0.0594 e. The summed E-state index contributed by atoms with van der Waals surface area (Å²) in [5.41, 5.74) is 1.36. The fourth-order valence-corrected chi connectivity index (χ4v) is 1.98.